The predicted octanol–water partition coefficient (Wildman–Crippen LogP) is 0.926. The Balaban J connectivity index is 1.57. The zero-order valence-corrected chi connectivity index (χ0v) is 12.3. The number of nitrogens with one attached hydrogen (secondary N) is 2. The van der Waals surface area contributed by atoms with Gasteiger partial charge in [0, 0.05) is 12.5 Å². The second-order valence-corrected chi connectivity index (χ2v) is 5.46. The molecule has 2 aromatic heterocycles. The van der Waals surface area contributed by atoms with E-state index in [0.29, 0.717) is 12.4 Å². The maximum absolute atomic E-state index is 12.0. The molecule has 0 bridgehead atoms. The summed E-state index contributed by atoms with van der Waals surface area (Å²) in [6.07, 6.45) is 6.57. The van der Waals surface area contributed by atoms with Gasteiger partial charge in [0.1, 0.15) is 29.3 Å². The van der Waals surface area contributed by atoms with Gasteiger partial charge < -0.3 is 5.32 Å². The number of thioether (sulfide) groups is 1. The zero-order valence-electron chi connectivity index (χ0n) is 11.5. The van der Waals surface area contributed by atoms with Crippen LogP contribution < -0.4 is 10.6 Å². The summed E-state index contributed by atoms with van der Waals surface area (Å²) in [6.45, 7) is 0.641. The monoisotopic (exact) mass is 305 g/mol. The van der Waals surface area contributed by atoms with Gasteiger partial charge in [-0.05, 0) is 12.7 Å². The lowest BCUT2D eigenvalue weighted by molar-refractivity contribution is 0.243. The largest absolute Gasteiger partial charge is 0.333 e. The Morgan fingerprint density at radius 2 is 2.29 bits per heavy atom. The molecule has 8 nitrogen and oxygen atoms in total. The van der Waals surface area contributed by atoms with Crippen LogP contribution in [0.4, 0.5) is 10.6 Å². The first-order valence-corrected chi connectivity index (χ1v) is 7.77. The van der Waals surface area contributed by atoms with Crippen LogP contribution in [0.15, 0.2) is 23.7 Å². The van der Waals surface area contributed by atoms with Crippen LogP contribution in [-0.2, 0) is 13.0 Å². The fraction of sp³-hybridized carbons (Fsp3) is 0.417. The third kappa shape index (κ3) is 3.30. The van der Waals surface area contributed by atoms with Gasteiger partial charge in [0.25, 0.3) is 0 Å². The molecule has 110 valence electrons. The van der Waals surface area contributed by atoms with Gasteiger partial charge in [0.15, 0.2) is 0 Å². The molecule has 9 heteroatoms. The van der Waals surface area contributed by atoms with E-state index in [1.54, 1.807) is 12.4 Å². The molecule has 2 aromatic rings. The molecule has 0 spiro atoms. The third-order valence-corrected chi connectivity index (χ3v) is 3.87. The SMILES string of the molecule is CSc1cc(NC(=O)NC2CCc3ncnn3C2)ncn1. The van der Waals surface area contributed by atoms with Crippen LogP contribution in [0.1, 0.15) is 12.2 Å². The molecule has 0 saturated heterocycles. The first kappa shape index (κ1) is 13.8. The maximum atomic E-state index is 12.0. The average molecular weight is 305 g/mol. The van der Waals surface area contributed by atoms with Crippen molar-refractivity contribution in [2.75, 3.05) is 11.6 Å². The van der Waals surface area contributed by atoms with Crippen molar-refractivity contribution in [3.8, 4) is 0 Å². The number of aryl methyl sites for hydroxylation is 1. The van der Waals surface area contributed by atoms with Crippen LogP contribution in [0.2, 0.25) is 0 Å². The highest BCUT2D eigenvalue weighted by atomic mass is 32.2. The molecule has 3 rings (SSSR count). The first-order chi connectivity index (χ1) is 10.2. The number of fused-ring (bicyclic) bond motifs is 1. The van der Waals surface area contributed by atoms with E-state index < -0.39 is 0 Å². The number of rotatable bonds is 3. The Kier molecular flexibility index (Phi) is 4.00. The number of amides is 2. The Labute approximate surface area is 125 Å². The average Bonchev–Trinajstić information content (AvgIpc) is 2.95. The molecule has 2 N–H and O–H groups in total. The van der Waals surface area contributed by atoms with Crippen molar-refractivity contribution in [3.63, 3.8) is 0 Å². The Morgan fingerprint density at radius 3 is 3.14 bits per heavy atom. The second kappa shape index (κ2) is 6.08. The number of anilines is 1. The van der Waals surface area contributed by atoms with Crippen LogP contribution in [-0.4, -0.2) is 43.1 Å². The van der Waals surface area contributed by atoms with Crippen molar-refractivity contribution in [2.45, 2.75) is 30.5 Å². The minimum Gasteiger partial charge on any atom is -0.333 e. The molecule has 0 fully saturated rings. The quantitative estimate of drug-likeness (QED) is 0.646. The molecule has 2 amide bonds. The number of carbonyl (C=O) groups is 1. The summed E-state index contributed by atoms with van der Waals surface area (Å²) in [5.74, 6) is 1.46. The predicted molar refractivity (Wildman–Crippen MR) is 78.1 cm³/mol. The second-order valence-electron chi connectivity index (χ2n) is 4.64. The van der Waals surface area contributed by atoms with Crippen LogP contribution >= 0.6 is 11.8 Å². The van der Waals surface area contributed by atoms with Crippen LogP contribution in [0.5, 0.6) is 0 Å². The lowest BCUT2D eigenvalue weighted by Crippen LogP contribution is -2.43. The molecule has 0 aliphatic carbocycles. The fourth-order valence-electron chi connectivity index (χ4n) is 2.21. The van der Waals surface area contributed by atoms with Gasteiger partial charge in [-0.1, -0.05) is 0 Å². The van der Waals surface area contributed by atoms with Gasteiger partial charge >= 0.3 is 6.03 Å². The van der Waals surface area contributed by atoms with Crippen molar-refractivity contribution in [1.82, 2.24) is 30.0 Å². The first-order valence-electron chi connectivity index (χ1n) is 6.55. The summed E-state index contributed by atoms with van der Waals surface area (Å²) in [6, 6.07) is 1.51. The Bertz CT molecular complexity index is 644. The highest BCUT2D eigenvalue weighted by molar-refractivity contribution is 7.98. The van der Waals surface area contributed by atoms with Gasteiger partial charge in [-0.25, -0.2) is 24.4 Å². The summed E-state index contributed by atoms with van der Waals surface area (Å²) in [5, 5.41) is 10.6. The van der Waals surface area contributed by atoms with E-state index in [0.717, 1.165) is 23.7 Å². The van der Waals surface area contributed by atoms with Crippen LogP contribution in [0.3, 0.4) is 0 Å². The van der Waals surface area contributed by atoms with Gasteiger partial charge in [-0.2, -0.15) is 5.10 Å². The highest BCUT2D eigenvalue weighted by Gasteiger charge is 2.21. The van der Waals surface area contributed by atoms with E-state index in [1.807, 2.05) is 10.9 Å². The fourth-order valence-corrected chi connectivity index (χ4v) is 2.59. The maximum Gasteiger partial charge on any atom is 0.320 e. The number of aromatic nitrogens is 5. The Morgan fingerprint density at radius 1 is 1.38 bits per heavy atom. The van der Waals surface area contributed by atoms with Gasteiger partial charge in [-0.3, -0.25) is 5.32 Å². The number of hydrogen-bond acceptors (Lipinski definition) is 6. The third-order valence-electron chi connectivity index (χ3n) is 3.23. The van der Waals surface area contributed by atoms with E-state index in [-0.39, 0.29) is 12.1 Å². The van der Waals surface area contributed by atoms with Gasteiger partial charge in [-0.15, -0.1) is 11.8 Å². The molecule has 3 heterocycles. The summed E-state index contributed by atoms with van der Waals surface area (Å²) in [4.78, 5) is 24.2. The number of urea groups is 1. The molecule has 0 aromatic carbocycles. The number of carbonyl (C=O) groups excluding carboxylic acids is 1. The standard InChI is InChI=1S/C12H15N7OS/c1-21-11-4-9(13-6-15-11)18-12(20)17-8-2-3-10-14-7-16-19(10)5-8/h4,6-8H,2-3,5H2,1H3,(H2,13,15,17,18,20). The topological polar surface area (TPSA) is 97.6 Å². The lowest BCUT2D eigenvalue weighted by atomic mass is 10.1. The molecule has 0 radical (unpaired) electrons. The van der Waals surface area contributed by atoms with Crippen molar-refractivity contribution >= 4 is 23.6 Å². The van der Waals surface area contributed by atoms with E-state index >= 15 is 0 Å². The molecule has 0 saturated carbocycles. The van der Waals surface area contributed by atoms with Crippen LogP contribution in [0, 0.1) is 0 Å². The van der Waals surface area contributed by atoms with Crippen molar-refractivity contribution in [2.24, 2.45) is 0 Å². The summed E-state index contributed by atoms with van der Waals surface area (Å²) < 4.78 is 1.82. The van der Waals surface area contributed by atoms with Crippen molar-refractivity contribution < 1.29 is 4.79 Å². The molecular weight excluding hydrogens is 290 g/mol. The van der Waals surface area contributed by atoms with Crippen LogP contribution in [0.25, 0.3) is 0 Å². The van der Waals surface area contributed by atoms with Gasteiger partial charge in [0.2, 0.25) is 0 Å². The molecule has 21 heavy (non-hydrogen) atoms. The van der Waals surface area contributed by atoms with Crippen molar-refractivity contribution in [3.05, 3.63) is 24.5 Å². The van der Waals surface area contributed by atoms with E-state index in [2.05, 4.69) is 30.7 Å². The minimum absolute atomic E-state index is 0.0426. The number of hydrogen-bond donors (Lipinski definition) is 2. The smallest absolute Gasteiger partial charge is 0.320 e. The molecular formula is C12H15N7OS. The van der Waals surface area contributed by atoms with E-state index in [4.69, 9.17) is 0 Å². The zero-order chi connectivity index (χ0) is 14.7. The van der Waals surface area contributed by atoms with Crippen molar-refractivity contribution in [1.29, 1.82) is 0 Å². The number of nitrogens with zero attached hydrogens (tertiary/aromatic N) is 5. The van der Waals surface area contributed by atoms with E-state index in [9.17, 15) is 4.79 Å². The lowest BCUT2D eigenvalue weighted by Gasteiger charge is -2.23. The molecule has 1 aliphatic heterocycles. The van der Waals surface area contributed by atoms with Gasteiger partial charge in [0.05, 0.1) is 12.6 Å². The summed E-state index contributed by atoms with van der Waals surface area (Å²) in [5.41, 5.74) is 0. The summed E-state index contributed by atoms with van der Waals surface area (Å²) in [7, 11) is 0. The Hall–Kier alpha value is -2.16. The molecule has 1 unspecified atom stereocenters. The molecule has 1 aliphatic rings. The highest BCUT2D eigenvalue weighted by Crippen LogP contribution is 2.14. The summed E-state index contributed by atoms with van der Waals surface area (Å²) >= 11 is 1.50. The normalized spacial score (nSPS) is 17.1. The van der Waals surface area contributed by atoms with E-state index in [1.165, 1.54) is 18.1 Å². The molecule has 1 atom stereocenters. The minimum atomic E-state index is -0.269.